The summed E-state index contributed by atoms with van der Waals surface area (Å²) in [7, 11) is 3.88. The molecular formula is C23H24N6O2. The van der Waals surface area contributed by atoms with Gasteiger partial charge in [-0.1, -0.05) is 6.07 Å². The van der Waals surface area contributed by atoms with Gasteiger partial charge in [-0.25, -0.2) is 4.98 Å². The number of nitrogens with zero attached hydrogens (tertiary/aromatic N) is 6. The molecule has 3 aromatic rings. The number of carbonyl (C=O) groups is 1. The zero-order valence-corrected chi connectivity index (χ0v) is 17.8. The third kappa shape index (κ3) is 3.88. The molecule has 1 aliphatic rings. The summed E-state index contributed by atoms with van der Waals surface area (Å²) in [6.07, 6.45) is 4.04. The number of benzene rings is 1. The van der Waals surface area contributed by atoms with Crippen molar-refractivity contribution in [2.45, 2.75) is 19.4 Å². The molecule has 3 heterocycles. The Labute approximate surface area is 181 Å². The summed E-state index contributed by atoms with van der Waals surface area (Å²) in [6, 6.07) is 10.9. The predicted molar refractivity (Wildman–Crippen MR) is 116 cm³/mol. The highest BCUT2D eigenvalue weighted by Crippen LogP contribution is 2.33. The molecule has 1 unspecified atom stereocenters. The quantitative estimate of drug-likeness (QED) is 0.702. The first-order valence-electron chi connectivity index (χ1n) is 10.1. The molecule has 8 nitrogen and oxygen atoms in total. The highest BCUT2D eigenvalue weighted by atomic mass is 16.3. The van der Waals surface area contributed by atoms with Crippen LogP contribution in [0.2, 0.25) is 0 Å². The van der Waals surface area contributed by atoms with Crippen molar-refractivity contribution in [3.8, 4) is 28.9 Å². The Morgan fingerprint density at radius 2 is 2.06 bits per heavy atom. The Kier molecular flexibility index (Phi) is 5.44. The van der Waals surface area contributed by atoms with Crippen molar-refractivity contribution in [1.82, 2.24) is 24.6 Å². The number of carbonyl (C=O) groups excluding carboxylic acids is 1. The molecule has 0 aliphatic carbocycles. The minimum absolute atomic E-state index is 0.0505. The third-order valence-corrected chi connectivity index (χ3v) is 5.84. The molecule has 1 saturated heterocycles. The Morgan fingerprint density at radius 3 is 2.68 bits per heavy atom. The number of aryl methyl sites for hydroxylation is 1. The van der Waals surface area contributed by atoms with Crippen LogP contribution in [0.4, 0.5) is 0 Å². The molecule has 2 aromatic heterocycles. The molecule has 1 atom stereocenters. The number of amides is 1. The molecule has 8 heteroatoms. The maximum atomic E-state index is 12.8. The summed E-state index contributed by atoms with van der Waals surface area (Å²) in [4.78, 5) is 21.1. The molecule has 158 valence electrons. The van der Waals surface area contributed by atoms with Gasteiger partial charge in [0.15, 0.2) is 5.82 Å². The average molecular weight is 416 g/mol. The van der Waals surface area contributed by atoms with E-state index in [1.54, 1.807) is 41.4 Å². The second-order valence-electron chi connectivity index (χ2n) is 7.96. The molecule has 1 aromatic carbocycles. The summed E-state index contributed by atoms with van der Waals surface area (Å²) >= 11 is 0. The Balaban J connectivity index is 1.56. The van der Waals surface area contributed by atoms with Crippen LogP contribution in [0.25, 0.3) is 16.9 Å². The number of likely N-dealkylation sites (N-methyl/N-ethyl adjacent to an activating group) is 2. The largest absolute Gasteiger partial charge is 0.493 e. The van der Waals surface area contributed by atoms with Gasteiger partial charge in [0.2, 0.25) is 5.88 Å². The van der Waals surface area contributed by atoms with Gasteiger partial charge in [0, 0.05) is 25.8 Å². The molecule has 0 radical (unpaired) electrons. The lowest BCUT2D eigenvalue weighted by Crippen LogP contribution is -2.38. The number of likely N-dealkylation sites (tertiary alicyclic amines) is 1. The van der Waals surface area contributed by atoms with Gasteiger partial charge in [0.05, 0.1) is 29.0 Å². The van der Waals surface area contributed by atoms with Crippen LogP contribution in [0, 0.1) is 18.3 Å². The zero-order chi connectivity index (χ0) is 22.1. The van der Waals surface area contributed by atoms with E-state index in [1.165, 1.54) is 10.9 Å². The maximum absolute atomic E-state index is 12.8. The molecule has 0 bridgehead atoms. The van der Waals surface area contributed by atoms with Gasteiger partial charge in [-0.3, -0.25) is 4.79 Å². The number of pyridine rings is 1. The maximum Gasteiger partial charge on any atom is 0.255 e. The molecule has 1 N–H and O–H groups in total. The van der Waals surface area contributed by atoms with Crippen LogP contribution >= 0.6 is 0 Å². The van der Waals surface area contributed by atoms with E-state index in [-0.39, 0.29) is 17.8 Å². The van der Waals surface area contributed by atoms with Crippen LogP contribution in [0.1, 0.15) is 27.9 Å². The fraction of sp³-hybridized carbons (Fsp3) is 0.304. The van der Waals surface area contributed by atoms with Crippen LogP contribution in [-0.2, 0) is 0 Å². The van der Waals surface area contributed by atoms with E-state index in [4.69, 9.17) is 5.26 Å². The lowest BCUT2D eigenvalue weighted by Gasteiger charge is -2.24. The minimum atomic E-state index is -0.0714. The standard InChI is InChI=1S/C23H24N6O2/c1-15-10-16(11-24)4-6-19(15)20-13-26-29(23(20)31)21-7-5-17(12-25-21)22(30)28(3)18-8-9-27(2)14-18/h4-7,10,12-13,18,31H,8-9,14H2,1-3H3. The van der Waals surface area contributed by atoms with Crippen molar-refractivity contribution < 1.29 is 9.90 Å². The van der Waals surface area contributed by atoms with Gasteiger partial charge in [-0.15, -0.1) is 0 Å². The second kappa shape index (κ2) is 8.20. The third-order valence-electron chi connectivity index (χ3n) is 5.84. The van der Waals surface area contributed by atoms with E-state index < -0.39 is 0 Å². The predicted octanol–water partition coefficient (Wildman–Crippen LogP) is 2.60. The molecule has 1 amide bonds. The van der Waals surface area contributed by atoms with Crippen LogP contribution in [-0.4, -0.2) is 68.8 Å². The Bertz CT molecular complexity index is 1160. The lowest BCUT2D eigenvalue weighted by molar-refractivity contribution is 0.0737. The summed E-state index contributed by atoms with van der Waals surface area (Å²) in [5.41, 5.74) is 3.26. The van der Waals surface area contributed by atoms with Crippen LogP contribution in [0.3, 0.4) is 0 Å². The van der Waals surface area contributed by atoms with E-state index in [0.29, 0.717) is 22.5 Å². The summed E-state index contributed by atoms with van der Waals surface area (Å²) in [5.74, 6) is 0.290. The van der Waals surface area contributed by atoms with Gasteiger partial charge in [-0.05, 0) is 62.3 Å². The second-order valence-corrected chi connectivity index (χ2v) is 7.96. The van der Waals surface area contributed by atoms with Crippen molar-refractivity contribution in [3.05, 3.63) is 59.4 Å². The van der Waals surface area contributed by atoms with E-state index in [9.17, 15) is 9.90 Å². The lowest BCUT2D eigenvalue weighted by atomic mass is 10.0. The van der Waals surface area contributed by atoms with Crippen molar-refractivity contribution in [2.75, 3.05) is 27.2 Å². The first-order chi connectivity index (χ1) is 14.9. The fourth-order valence-electron chi connectivity index (χ4n) is 3.97. The molecule has 1 fully saturated rings. The van der Waals surface area contributed by atoms with Crippen molar-refractivity contribution in [2.24, 2.45) is 0 Å². The van der Waals surface area contributed by atoms with Crippen LogP contribution in [0.5, 0.6) is 5.88 Å². The number of hydrogen-bond acceptors (Lipinski definition) is 6. The van der Waals surface area contributed by atoms with E-state index in [2.05, 4.69) is 28.1 Å². The SMILES string of the molecule is Cc1cc(C#N)ccc1-c1cnn(-c2ccc(C(=O)N(C)C3CCN(C)C3)cn2)c1O. The molecular weight excluding hydrogens is 392 g/mol. The van der Waals surface area contributed by atoms with Gasteiger partial charge in [0.1, 0.15) is 0 Å². The minimum Gasteiger partial charge on any atom is -0.493 e. The first-order valence-corrected chi connectivity index (χ1v) is 10.1. The topological polar surface area (TPSA) is 98.3 Å². The van der Waals surface area contributed by atoms with Crippen molar-refractivity contribution in [1.29, 1.82) is 5.26 Å². The summed E-state index contributed by atoms with van der Waals surface area (Å²) in [6.45, 7) is 3.73. The number of rotatable bonds is 4. The van der Waals surface area contributed by atoms with Gasteiger partial charge < -0.3 is 14.9 Å². The van der Waals surface area contributed by atoms with E-state index in [0.717, 1.165) is 30.6 Å². The van der Waals surface area contributed by atoms with Crippen molar-refractivity contribution in [3.63, 3.8) is 0 Å². The van der Waals surface area contributed by atoms with E-state index in [1.807, 2.05) is 14.0 Å². The van der Waals surface area contributed by atoms with Crippen LogP contribution in [0.15, 0.2) is 42.7 Å². The normalized spacial score (nSPS) is 16.3. The number of hydrogen-bond donors (Lipinski definition) is 1. The molecule has 0 spiro atoms. The number of aromatic nitrogens is 3. The first kappa shape index (κ1) is 20.6. The zero-order valence-electron chi connectivity index (χ0n) is 17.8. The highest BCUT2D eigenvalue weighted by Gasteiger charge is 2.27. The summed E-state index contributed by atoms with van der Waals surface area (Å²) in [5, 5.41) is 24.0. The van der Waals surface area contributed by atoms with Gasteiger partial charge in [-0.2, -0.15) is 15.0 Å². The molecule has 31 heavy (non-hydrogen) atoms. The van der Waals surface area contributed by atoms with Gasteiger partial charge in [0.25, 0.3) is 5.91 Å². The molecule has 0 saturated carbocycles. The monoisotopic (exact) mass is 416 g/mol. The van der Waals surface area contributed by atoms with Crippen LogP contribution < -0.4 is 0 Å². The van der Waals surface area contributed by atoms with Crippen molar-refractivity contribution >= 4 is 5.91 Å². The number of nitriles is 1. The highest BCUT2D eigenvalue weighted by molar-refractivity contribution is 5.94. The van der Waals surface area contributed by atoms with Gasteiger partial charge >= 0.3 is 0 Å². The molecule has 1 aliphatic heterocycles. The number of aromatic hydroxyl groups is 1. The molecule has 4 rings (SSSR count). The van der Waals surface area contributed by atoms with E-state index >= 15 is 0 Å². The smallest absolute Gasteiger partial charge is 0.255 e. The Hall–Kier alpha value is -3.70. The summed E-state index contributed by atoms with van der Waals surface area (Å²) < 4.78 is 1.33. The Morgan fingerprint density at radius 1 is 1.26 bits per heavy atom. The fourth-order valence-corrected chi connectivity index (χ4v) is 3.97. The average Bonchev–Trinajstić information content (AvgIpc) is 3.38.